The molecule has 0 bridgehead atoms. The molecule has 3 nitrogen and oxygen atoms in total. The number of carbonyl (C=O) groups is 1. The second-order valence-corrected chi connectivity index (χ2v) is 4.21. The third-order valence-corrected chi connectivity index (χ3v) is 2.15. The van der Waals surface area contributed by atoms with Crippen LogP contribution in [0.4, 0.5) is 0 Å². The number of Topliss-reactive ketones (excluding diaryl/α,β-unsaturated/α-hetero) is 1. The number of aryl methyl sites for hydroxylation is 1. The molecular weight excluding hydrogens is 178 g/mol. The standard InChI is InChI=1S/C11H17NO2/c1-9(13)10-5-4-7-12(10)8-6-11(2,3)14/h4-5,7,14H,6,8H2,1-3H3. The van der Waals surface area contributed by atoms with E-state index in [0.717, 1.165) is 0 Å². The van der Waals surface area contributed by atoms with Crippen LogP contribution >= 0.6 is 0 Å². The van der Waals surface area contributed by atoms with E-state index in [1.54, 1.807) is 26.8 Å². The van der Waals surface area contributed by atoms with Gasteiger partial charge in [0.05, 0.1) is 11.3 Å². The first-order valence-corrected chi connectivity index (χ1v) is 4.78. The minimum absolute atomic E-state index is 0.0609. The molecular formula is C11H17NO2. The van der Waals surface area contributed by atoms with Crippen molar-refractivity contribution in [1.29, 1.82) is 0 Å². The number of rotatable bonds is 4. The van der Waals surface area contributed by atoms with E-state index in [4.69, 9.17) is 0 Å². The zero-order valence-corrected chi connectivity index (χ0v) is 8.95. The molecule has 0 saturated carbocycles. The molecule has 0 aliphatic heterocycles. The number of hydrogen-bond acceptors (Lipinski definition) is 2. The van der Waals surface area contributed by atoms with Gasteiger partial charge >= 0.3 is 0 Å². The van der Waals surface area contributed by atoms with Crippen LogP contribution in [0.5, 0.6) is 0 Å². The Morgan fingerprint density at radius 3 is 2.71 bits per heavy atom. The molecule has 0 aromatic carbocycles. The van der Waals surface area contributed by atoms with Gasteiger partial charge in [-0.1, -0.05) is 0 Å². The first-order chi connectivity index (χ1) is 6.40. The van der Waals surface area contributed by atoms with Crippen molar-refractivity contribution >= 4 is 5.78 Å². The van der Waals surface area contributed by atoms with Gasteiger partial charge < -0.3 is 9.67 Å². The van der Waals surface area contributed by atoms with Gasteiger partial charge in [0.15, 0.2) is 5.78 Å². The van der Waals surface area contributed by atoms with Crippen molar-refractivity contribution in [3.63, 3.8) is 0 Å². The molecule has 0 aliphatic rings. The van der Waals surface area contributed by atoms with E-state index >= 15 is 0 Å². The van der Waals surface area contributed by atoms with Gasteiger partial charge in [-0.05, 0) is 32.4 Å². The molecule has 78 valence electrons. The lowest BCUT2D eigenvalue weighted by Crippen LogP contribution is -2.21. The molecule has 0 unspecified atom stereocenters. The Hall–Kier alpha value is -1.09. The van der Waals surface area contributed by atoms with E-state index in [1.165, 1.54) is 0 Å². The highest BCUT2D eigenvalue weighted by Gasteiger charge is 2.13. The zero-order valence-electron chi connectivity index (χ0n) is 8.95. The summed E-state index contributed by atoms with van der Waals surface area (Å²) in [6.45, 7) is 5.76. The van der Waals surface area contributed by atoms with E-state index in [0.29, 0.717) is 18.7 Å². The molecule has 3 heteroatoms. The predicted octanol–water partition coefficient (Wildman–Crippen LogP) is 1.85. The smallest absolute Gasteiger partial charge is 0.176 e. The molecule has 1 aromatic heterocycles. The van der Waals surface area contributed by atoms with Gasteiger partial charge in [0.25, 0.3) is 0 Å². The monoisotopic (exact) mass is 195 g/mol. The number of hydrogen-bond donors (Lipinski definition) is 1. The van der Waals surface area contributed by atoms with E-state index in [9.17, 15) is 9.90 Å². The largest absolute Gasteiger partial charge is 0.390 e. The Morgan fingerprint density at radius 1 is 1.57 bits per heavy atom. The van der Waals surface area contributed by atoms with Gasteiger partial charge in [0.2, 0.25) is 0 Å². The fraction of sp³-hybridized carbons (Fsp3) is 0.545. The van der Waals surface area contributed by atoms with Crippen molar-refractivity contribution in [3.05, 3.63) is 24.0 Å². The lowest BCUT2D eigenvalue weighted by molar-refractivity contribution is 0.0656. The number of ketones is 1. The molecule has 1 rings (SSSR count). The third-order valence-electron chi connectivity index (χ3n) is 2.15. The fourth-order valence-electron chi connectivity index (χ4n) is 1.32. The average Bonchev–Trinajstić information content (AvgIpc) is 2.46. The van der Waals surface area contributed by atoms with Gasteiger partial charge in [-0.2, -0.15) is 0 Å². The Morgan fingerprint density at radius 2 is 2.21 bits per heavy atom. The summed E-state index contributed by atoms with van der Waals surface area (Å²) in [6.07, 6.45) is 2.50. The molecule has 1 aromatic rings. The summed E-state index contributed by atoms with van der Waals surface area (Å²) >= 11 is 0. The van der Waals surface area contributed by atoms with Crippen molar-refractivity contribution < 1.29 is 9.90 Å². The van der Waals surface area contributed by atoms with Gasteiger partial charge in [-0.25, -0.2) is 0 Å². The van der Waals surface area contributed by atoms with Crippen LogP contribution in [0.3, 0.4) is 0 Å². The topological polar surface area (TPSA) is 42.2 Å². The summed E-state index contributed by atoms with van der Waals surface area (Å²) in [5.41, 5.74) is 0.0208. The molecule has 14 heavy (non-hydrogen) atoms. The Bertz CT molecular complexity index is 320. The van der Waals surface area contributed by atoms with E-state index in [-0.39, 0.29) is 5.78 Å². The molecule has 0 fully saturated rings. The van der Waals surface area contributed by atoms with Crippen LogP contribution in [0, 0.1) is 0 Å². The van der Waals surface area contributed by atoms with Crippen molar-refractivity contribution in [3.8, 4) is 0 Å². The maximum Gasteiger partial charge on any atom is 0.176 e. The van der Waals surface area contributed by atoms with Crippen LogP contribution in [0.2, 0.25) is 0 Å². The fourth-order valence-corrected chi connectivity index (χ4v) is 1.32. The van der Waals surface area contributed by atoms with Gasteiger partial charge in [0.1, 0.15) is 0 Å². The normalized spacial score (nSPS) is 11.7. The van der Waals surface area contributed by atoms with Gasteiger partial charge in [-0.15, -0.1) is 0 Å². The quantitative estimate of drug-likeness (QED) is 0.745. The van der Waals surface area contributed by atoms with Crippen molar-refractivity contribution in [2.75, 3.05) is 0 Å². The van der Waals surface area contributed by atoms with Crippen molar-refractivity contribution in [1.82, 2.24) is 4.57 Å². The van der Waals surface area contributed by atoms with Crippen molar-refractivity contribution in [2.45, 2.75) is 39.3 Å². The van der Waals surface area contributed by atoms with Gasteiger partial charge in [-0.3, -0.25) is 4.79 Å². The molecule has 0 atom stereocenters. The summed E-state index contributed by atoms with van der Waals surface area (Å²) in [4.78, 5) is 11.2. The molecule has 0 radical (unpaired) electrons. The highest BCUT2D eigenvalue weighted by atomic mass is 16.3. The molecule has 0 spiro atoms. The second-order valence-electron chi connectivity index (χ2n) is 4.21. The first kappa shape index (κ1) is 11.0. The lowest BCUT2D eigenvalue weighted by Gasteiger charge is -2.17. The number of aliphatic hydroxyl groups is 1. The van der Waals surface area contributed by atoms with E-state index < -0.39 is 5.60 Å². The van der Waals surface area contributed by atoms with Crippen LogP contribution in [0.15, 0.2) is 18.3 Å². The SMILES string of the molecule is CC(=O)c1cccn1CCC(C)(C)O. The summed E-state index contributed by atoms with van der Waals surface area (Å²) in [6, 6.07) is 3.65. The summed E-state index contributed by atoms with van der Waals surface area (Å²) in [7, 11) is 0. The Labute approximate surface area is 84.4 Å². The highest BCUT2D eigenvalue weighted by Crippen LogP contribution is 2.11. The number of aromatic nitrogens is 1. The number of nitrogens with zero attached hydrogens (tertiary/aromatic N) is 1. The van der Waals surface area contributed by atoms with Crippen LogP contribution < -0.4 is 0 Å². The number of carbonyl (C=O) groups excluding carboxylic acids is 1. The summed E-state index contributed by atoms with van der Waals surface area (Å²) in [5, 5.41) is 9.55. The van der Waals surface area contributed by atoms with E-state index in [2.05, 4.69) is 0 Å². The minimum Gasteiger partial charge on any atom is -0.390 e. The molecule has 1 heterocycles. The van der Waals surface area contributed by atoms with E-state index in [1.807, 2.05) is 16.8 Å². The minimum atomic E-state index is -0.682. The van der Waals surface area contributed by atoms with Crippen LogP contribution in [0.1, 0.15) is 37.7 Å². The molecule has 1 N–H and O–H groups in total. The Kier molecular flexibility index (Phi) is 3.11. The summed E-state index contributed by atoms with van der Waals surface area (Å²) in [5.74, 6) is 0.0609. The maximum atomic E-state index is 11.2. The molecule has 0 saturated heterocycles. The van der Waals surface area contributed by atoms with Gasteiger partial charge in [0, 0.05) is 19.7 Å². The molecule has 0 amide bonds. The lowest BCUT2D eigenvalue weighted by atomic mass is 10.1. The van der Waals surface area contributed by atoms with Crippen LogP contribution in [-0.2, 0) is 6.54 Å². The zero-order chi connectivity index (χ0) is 10.8. The van der Waals surface area contributed by atoms with Crippen LogP contribution in [0.25, 0.3) is 0 Å². The maximum absolute atomic E-state index is 11.2. The second kappa shape index (κ2) is 3.96. The highest BCUT2D eigenvalue weighted by molar-refractivity contribution is 5.92. The first-order valence-electron chi connectivity index (χ1n) is 4.78. The third kappa shape index (κ3) is 3.00. The average molecular weight is 195 g/mol. The molecule has 0 aliphatic carbocycles. The Balaban J connectivity index is 2.68. The van der Waals surface area contributed by atoms with Crippen molar-refractivity contribution in [2.24, 2.45) is 0 Å². The summed E-state index contributed by atoms with van der Waals surface area (Å²) < 4.78 is 1.88. The van der Waals surface area contributed by atoms with Crippen LogP contribution in [-0.4, -0.2) is 21.1 Å². The predicted molar refractivity (Wildman–Crippen MR) is 55.4 cm³/mol.